The first-order valence-corrected chi connectivity index (χ1v) is 8.79. The Hall–Kier alpha value is -1.75. The van der Waals surface area contributed by atoms with Gasteiger partial charge in [0.25, 0.3) is 0 Å². The van der Waals surface area contributed by atoms with E-state index in [1.165, 1.54) is 24.0 Å². The molecule has 1 aliphatic rings. The maximum absolute atomic E-state index is 5.44. The first kappa shape index (κ1) is 18.6. The van der Waals surface area contributed by atoms with Crippen molar-refractivity contribution in [1.29, 1.82) is 0 Å². The van der Waals surface area contributed by atoms with Gasteiger partial charge in [-0.25, -0.2) is 0 Å². The van der Waals surface area contributed by atoms with Crippen LogP contribution in [-0.2, 0) is 6.42 Å². The third-order valence-corrected chi connectivity index (χ3v) is 4.65. The number of hydrogen-bond donors (Lipinski definition) is 2. The molecule has 1 atom stereocenters. The normalized spacial score (nSPS) is 16.2. The van der Waals surface area contributed by atoms with Gasteiger partial charge in [-0.1, -0.05) is 17.7 Å². The Morgan fingerprint density at radius 1 is 1.33 bits per heavy atom. The molecule has 2 N–H and O–H groups in total. The minimum absolute atomic E-state index is 0.584. The summed E-state index contributed by atoms with van der Waals surface area (Å²) < 4.78 is 5.44. The fourth-order valence-electron chi connectivity index (χ4n) is 3.09. The lowest BCUT2D eigenvalue weighted by Gasteiger charge is -2.25. The van der Waals surface area contributed by atoms with Crippen molar-refractivity contribution in [3.63, 3.8) is 0 Å². The van der Waals surface area contributed by atoms with Crippen LogP contribution in [0, 0.1) is 12.8 Å². The van der Waals surface area contributed by atoms with Gasteiger partial charge in [-0.15, -0.1) is 0 Å². The van der Waals surface area contributed by atoms with Crippen molar-refractivity contribution in [2.24, 2.45) is 10.9 Å². The monoisotopic (exact) mass is 332 g/mol. The molecule has 0 saturated heterocycles. The van der Waals surface area contributed by atoms with Crippen LogP contribution >= 0.6 is 0 Å². The van der Waals surface area contributed by atoms with Crippen molar-refractivity contribution >= 4 is 5.96 Å². The van der Waals surface area contributed by atoms with Crippen molar-refractivity contribution in [3.05, 3.63) is 29.3 Å². The number of aliphatic imine (C=N–C) groups is 1. The highest BCUT2D eigenvalue weighted by Gasteiger charge is 2.32. The zero-order valence-corrected chi connectivity index (χ0v) is 15.7. The molecule has 1 fully saturated rings. The van der Waals surface area contributed by atoms with Crippen LogP contribution in [0.2, 0.25) is 0 Å². The zero-order chi connectivity index (χ0) is 17.5. The standard InChI is InChI=1S/C19H32N4O/c1-14-6-9-18(24-5)16(12-14)10-11-21-19(20-2)22-13-17(23(3)4)15-7-8-15/h6,9,12,15,17H,7-8,10-11,13H2,1-5H3,(H2,20,21,22). The van der Waals surface area contributed by atoms with Crippen molar-refractivity contribution in [2.75, 3.05) is 41.3 Å². The van der Waals surface area contributed by atoms with Gasteiger partial charge in [0, 0.05) is 26.2 Å². The van der Waals surface area contributed by atoms with Crippen molar-refractivity contribution in [3.8, 4) is 5.75 Å². The first-order chi connectivity index (χ1) is 11.5. The van der Waals surface area contributed by atoms with Gasteiger partial charge >= 0.3 is 0 Å². The minimum Gasteiger partial charge on any atom is -0.496 e. The number of likely N-dealkylation sites (N-methyl/N-ethyl adjacent to an activating group) is 1. The lowest BCUT2D eigenvalue weighted by Crippen LogP contribution is -2.46. The zero-order valence-electron chi connectivity index (χ0n) is 15.7. The molecule has 24 heavy (non-hydrogen) atoms. The Morgan fingerprint density at radius 2 is 2.08 bits per heavy atom. The lowest BCUT2D eigenvalue weighted by molar-refractivity contribution is 0.264. The van der Waals surface area contributed by atoms with Gasteiger partial charge in [0.15, 0.2) is 5.96 Å². The molecule has 0 aliphatic heterocycles. The van der Waals surface area contributed by atoms with Gasteiger partial charge in [0.05, 0.1) is 7.11 Å². The quantitative estimate of drug-likeness (QED) is 0.565. The van der Waals surface area contributed by atoms with Crippen LogP contribution in [0.5, 0.6) is 5.75 Å². The van der Waals surface area contributed by atoms with E-state index in [0.717, 1.165) is 37.1 Å². The molecule has 0 spiro atoms. The smallest absolute Gasteiger partial charge is 0.191 e. The van der Waals surface area contributed by atoms with Crippen molar-refractivity contribution in [2.45, 2.75) is 32.2 Å². The highest BCUT2D eigenvalue weighted by atomic mass is 16.5. The van der Waals surface area contributed by atoms with Gasteiger partial charge in [-0.2, -0.15) is 0 Å². The predicted octanol–water partition coefficient (Wildman–Crippen LogP) is 2.05. The van der Waals surface area contributed by atoms with Crippen LogP contribution in [0.3, 0.4) is 0 Å². The van der Waals surface area contributed by atoms with E-state index in [9.17, 15) is 0 Å². The summed E-state index contributed by atoms with van der Waals surface area (Å²) in [7, 11) is 7.86. The first-order valence-electron chi connectivity index (χ1n) is 8.79. The molecular weight excluding hydrogens is 300 g/mol. The molecule has 1 saturated carbocycles. The van der Waals surface area contributed by atoms with E-state index in [1.54, 1.807) is 7.11 Å². The molecule has 0 aromatic heterocycles. The second-order valence-corrected chi connectivity index (χ2v) is 6.81. The lowest BCUT2D eigenvalue weighted by atomic mass is 10.1. The van der Waals surface area contributed by atoms with E-state index in [4.69, 9.17) is 4.74 Å². The number of hydrogen-bond acceptors (Lipinski definition) is 3. The second-order valence-electron chi connectivity index (χ2n) is 6.81. The highest BCUT2D eigenvalue weighted by molar-refractivity contribution is 5.79. The third kappa shape index (κ3) is 5.41. The average molecular weight is 332 g/mol. The van der Waals surface area contributed by atoms with E-state index in [-0.39, 0.29) is 0 Å². The van der Waals surface area contributed by atoms with Gasteiger partial charge in [-0.3, -0.25) is 4.99 Å². The van der Waals surface area contributed by atoms with Gasteiger partial charge < -0.3 is 20.3 Å². The molecule has 0 radical (unpaired) electrons. The molecule has 5 heteroatoms. The van der Waals surface area contributed by atoms with Crippen molar-refractivity contribution in [1.82, 2.24) is 15.5 Å². The van der Waals surface area contributed by atoms with E-state index < -0.39 is 0 Å². The molecule has 134 valence electrons. The summed E-state index contributed by atoms with van der Waals surface area (Å²) in [4.78, 5) is 6.65. The van der Waals surface area contributed by atoms with Gasteiger partial charge in [-0.05, 0) is 57.8 Å². The fraction of sp³-hybridized carbons (Fsp3) is 0.632. The number of methoxy groups -OCH3 is 1. The number of nitrogens with zero attached hydrogens (tertiary/aromatic N) is 2. The van der Waals surface area contributed by atoms with Crippen LogP contribution in [0.4, 0.5) is 0 Å². The summed E-state index contributed by atoms with van der Waals surface area (Å²) in [5, 5.41) is 6.87. The van der Waals surface area contributed by atoms with E-state index in [0.29, 0.717) is 6.04 Å². The Kier molecular flexibility index (Phi) is 6.91. The number of ether oxygens (including phenoxy) is 1. The summed E-state index contributed by atoms with van der Waals surface area (Å²) >= 11 is 0. The molecule has 1 aromatic rings. The van der Waals surface area contributed by atoms with Crippen LogP contribution in [-0.4, -0.2) is 58.2 Å². The molecule has 2 rings (SSSR count). The Morgan fingerprint density at radius 3 is 2.67 bits per heavy atom. The van der Waals surface area contributed by atoms with E-state index >= 15 is 0 Å². The average Bonchev–Trinajstić information content (AvgIpc) is 3.38. The van der Waals surface area contributed by atoms with Crippen LogP contribution in [0.25, 0.3) is 0 Å². The van der Waals surface area contributed by atoms with E-state index in [1.807, 2.05) is 13.1 Å². The number of benzene rings is 1. The van der Waals surface area contributed by atoms with Crippen molar-refractivity contribution < 1.29 is 4.74 Å². The summed E-state index contributed by atoms with van der Waals surface area (Å²) in [5.74, 6) is 2.66. The Bertz CT molecular complexity index is 550. The maximum atomic E-state index is 5.44. The van der Waals surface area contributed by atoms with Gasteiger partial charge in [0.2, 0.25) is 0 Å². The van der Waals surface area contributed by atoms with Crippen LogP contribution in [0.1, 0.15) is 24.0 Å². The van der Waals surface area contributed by atoms with Crippen LogP contribution in [0.15, 0.2) is 23.2 Å². The topological polar surface area (TPSA) is 48.9 Å². The highest BCUT2D eigenvalue weighted by Crippen LogP contribution is 2.34. The number of rotatable bonds is 8. The fourth-order valence-corrected chi connectivity index (χ4v) is 3.09. The summed E-state index contributed by atoms with van der Waals surface area (Å²) in [6, 6.07) is 6.89. The Balaban J connectivity index is 1.80. The number of guanidine groups is 1. The molecule has 1 aromatic carbocycles. The molecule has 0 amide bonds. The largest absolute Gasteiger partial charge is 0.496 e. The predicted molar refractivity (Wildman–Crippen MR) is 101 cm³/mol. The molecule has 1 aliphatic carbocycles. The molecule has 5 nitrogen and oxygen atoms in total. The molecular formula is C19H32N4O. The summed E-state index contributed by atoms with van der Waals surface area (Å²) in [6.07, 6.45) is 3.61. The van der Waals surface area contributed by atoms with E-state index in [2.05, 4.69) is 53.7 Å². The molecule has 0 heterocycles. The summed E-state index contributed by atoms with van der Waals surface area (Å²) in [6.45, 7) is 3.87. The summed E-state index contributed by atoms with van der Waals surface area (Å²) in [5.41, 5.74) is 2.48. The SMILES string of the molecule is CN=C(NCCc1cc(C)ccc1OC)NCC(C1CC1)N(C)C. The second kappa shape index (κ2) is 8.92. The van der Waals surface area contributed by atoms with Crippen LogP contribution < -0.4 is 15.4 Å². The third-order valence-electron chi connectivity index (χ3n) is 4.65. The molecule has 1 unspecified atom stereocenters. The van der Waals surface area contributed by atoms with Gasteiger partial charge in [0.1, 0.15) is 5.75 Å². The maximum Gasteiger partial charge on any atom is 0.191 e. The molecule has 0 bridgehead atoms. The number of nitrogens with one attached hydrogen (secondary N) is 2. The Labute approximate surface area is 146 Å². The number of aryl methyl sites for hydroxylation is 1. The minimum atomic E-state index is 0.584.